The molecule has 0 aromatic heterocycles. The van der Waals surface area contributed by atoms with Crippen LogP contribution in [0, 0.1) is 12.8 Å². The van der Waals surface area contributed by atoms with Gasteiger partial charge in [-0.2, -0.15) is 0 Å². The molecule has 0 spiro atoms. The van der Waals surface area contributed by atoms with Crippen molar-refractivity contribution in [3.8, 4) is 0 Å². The molecular formula is C12H18N2. The van der Waals surface area contributed by atoms with Crippen LogP contribution >= 0.6 is 0 Å². The first-order valence-corrected chi connectivity index (χ1v) is 5.24. The van der Waals surface area contributed by atoms with Crippen molar-refractivity contribution in [1.82, 2.24) is 0 Å². The molecule has 0 heterocycles. The van der Waals surface area contributed by atoms with Crippen molar-refractivity contribution in [3.05, 3.63) is 23.8 Å². The maximum atomic E-state index is 5.88. The van der Waals surface area contributed by atoms with Crippen molar-refractivity contribution in [2.24, 2.45) is 5.92 Å². The lowest BCUT2D eigenvalue weighted by Gasteiger charge is -2.21. The minimum Gasteiger partial charge on any atom is -0.398 e. The SMILES string of the molecule is Cc1c(N)cccc1N(C)CC1CC1. The summed E-state index contributed by atoms with van der Waals surface area (Å²) in [6.45, 7) is 3.26. The number of rotatable bonds is 3. The van der Waals surface area contributed by atoms with Crippen molar-refractivity contribution < 1.29 is 0 Å². The van der Waals surface area contributed by atoms with Crippen molar-refractivity contribution in [2.75, 3.05) is 24.2 Å². The lowest BCUT2D eigenvalue weighted by Crippen LogP contribution is -2.21. The zero-order valence-corrected chi connectivity index (χ0v) is 8.96. The highest BCUT2D eigenvalue weighted by molar-refractivity contribution is 5.63. The van der Waals surface area contributed by atoms with Gasteiger partial charge in [0.05, 0.1) is 0 Å². The Kier molecular flexibility index (Phi) is 2.36. The van der Waals surface area contributed by atoms with Gasteiger partial charge in [-0.25, -0.2) is 0 Å². The van der Waals surface area contributed by atoms with Gasteiger partial charge in [-0.1, -0.05) is 6.07 Å². The molecule has 2 rings (SSSR count). The van der Waals surface area contributed by atoms with Gasteiger partial charge in [0, 0.05) is 25.0 Å². The lowest BCUT2D eigenvalue weighted by atomic mass is 10.1. The number of nitrogens with two attached hydrogens (primary N) is 1. The second-order valence-electron chi connectivity index (χ2n) is 4.32. The average molecular weight is 190 g/mol. The molecule has 76 valence electrons. The molecule has 2 heteroatoms. The Balaban J connectivity index is 2.16. The quantitative estimate of drug-likeness (QED) is 0.742. The molecule has 1 aliphatic rings. The summed E-state index contributed by atoms with van der Waals surface area (Å²) in [5.74, 6) is 0.917. The number of hydrogen-bond acceptors (Lipinski definition) is 2. The van der Waals surface area contributed by atoms with Gasteiger partial charge in [0.15, 0.2) is 0 Å². The monoisotopic (exact) mass is 190 g/mol. The van der Waals surface area contributed by atoms with Crippen molar-refractivity contribution in [2.45, 2.75) is 19.8 Å². The van der Waals surface area contributed by atoms with E-state index in [4.69, 9.17) is 5.73 Å². The van der Waals surface area contributed by atoms with Gasteiger partial charge in [-0.15, -0.1) is 0 Å². The van der Waals surface area contributed by atoms with Gasteiger partial charge in [0.25, 0.3) is 0 Å². The van der Waals surface area contributed by atoms with Gasteiger partial charge in [0.2, 0.25) is 0 Å². The van der Waals surface area contributed by atoms with Crippen LogP contribution in [-0.4, -0.2) is 13.6 Å². The summed E-state index contributed by atoms with van der Waals surface area (Å²) in [6, 6.07) is 6.14. The van der Waals surface area contributed by atoms with Gasteiger partial charge in [0.1, 0.15) is 0 Å². The summed E-state index contributed by atoms with van der Waals surface area (Å²) in [5, 5.41) is 0. The van der Waals surface area contributed by atoms with E-state index in [-0.39, 0.29) is 0 Å². The molecule has 0 amide bonds. The smallest absolute Gasteiger partial charge is 0.0414 e. The van der Waals surface area contributed by atoms with E-state index in [2.05, 4.69) is 24.9 Å². The van der Waals surface area contributed by atoms with Crippen LogP contribution in [0.3, 0.4) is 0 Å². The fraction of sp³-hybridized carbons (Fsp3) is 0.500. The van der Waals surface area contributed by atoms with Gasteiger partial charge in [-0.05, 0) is 43.4 Å². The van der Waals surface area contributed by atoms with Gasteiger partial charge < -0.3 is 10.6 Å². The zero-order valence-electron chi connectivity index (χ0n) is 8.96. The Morgan fingerprint density at radius 1 is 1.43 bits per heavy atom. The predicted molar refractivity (Wildman–Crippen MR) is 61.6 cm³/mol. The molecule has 1 aromatic carbocycles. The van der Waals surface area contributed by atoms with Gasteiger partial charge >= 0.3 is 0 Å². The van der Waals surface area contributed by atoms with Crippen molar-refractivity contribution >= 4 is 11.4 Å². The molecule has 0 atom stereocenters. The van der Waals surface area contributed by atoms with Crippen LogP contribution in [0.2, 0.25) is 0 Å². The second-order valence-corrected chi connectivity index (χ2v) is 4.32. The summed E-state index contributed by atoms with van der Waals surface area (Å²) in [7, 11) is 2.15. The average Bonchev–Trinajstić information content (AvgIpc) is 2.93. The summed E-state index contributed by atoms with van der Waals surface area (Å²) in [6.07, 6.45) is 2.79. The molecule has 1 saturated carbocycles. The maximum absolute atomic E-state index is 5.88. The predicted octanol–water partition coefficient (Wildman–Crippen LogP) is 2.42. The number of nitrogen functional groups attached to an aromatic ring is 1. The summed E-state index contributed by atoms with van der Waals surface area (Å²) in [4.78, 5) is 2.32. The van der Waals surface area contributed by atoms with Crippen LogP contribution in [0.1, 0.15) is 18.4 Å². The maximum Gasteiger partial charge on any atom is 0.0414 e. The topological polar surface area (TPSA) is 29.3 Å². The Bertz CT molecular complexity index is 329. The molecular weight excluding hydrogens is 172 g/mol. The lowest BCUT2D eigenvalue weighted by molar-refractivity contribution is 0.785. The summed E-state index contributed by atoms with van der Waals surface area (Å²) < 4.78 is 0. The third kappa shape index (κ3) is 1.84. The van der Waals surface area contributed by atoms with Crippen LogP contribution < -0.4 is 10.6 Å². The molecule has 0 unspecified atom stereocenters. The Hall–Kier alpha value is -1.18. The van der Waals surface area contributed by atoms with Crippen molar-refractivity contribution in [1.29, 1.82) is 0 Å². The van der Waals surface area contributed by atoms with Crippen LogP contribution in [0.4, 0.5) is 11.4 Å². The van der Waals surface area contributed by atoms with E-state index in [1.807, 2.05) is 12.1 Å². The third-order valence-electron chi connectivity index (χ3n) is 2.99. The minimum atomic E-state index is 0.894. The van der Waals surface area contributed by atoms with E-state index in [9.17, 15) is 0 Å². The fourth-order valence-electron chi connectivity index (χ4n) is 1.84. The Morgan fingerprint density at radius 3 is 2.79 bits per heavy atom. The van der Waals surface area contributed by atoms with E-state index in [1.54, 1.807) is 0 Å². The van der Waals surface area contributed by atoms with E-state index in [1.165, 1.54) is 30.6 Å². The molecule has 0 saturated heterocycles. The zero-order chi connectivity index (χ0) is 10.1. The first-order valence-electron chi connectivity index (χ1n) is 5.24. The second kappa shape index (κ2) is 3.52. The molecule has 0 aliphatic heterocycles. The molecule has 1 fully saturated rings. The third-order valence-corrected chi connectivity index (χ3v) is 2.99. The van der Waals surface area contributed by atoms with E-state index in [0.29, 0.717) is 0 Å². The fourth-order valence-corrected chi connectivity index (χ4v) is 1.84. The van der Waals surface area contributed by atoms with E-state index in [0.717, 1.165) is 11.6 Å². The normalized spacial score (nSPS) is 15.6. The molecule has 2 N–H and O–H groups in total. The molecule has 0 bridgehead atoms. The standard InChI is InChI=1S/C12H18N2/c1-9-11(13)4-3-5-12(9)14(2)8-10-6-7-10/h3-5,10H,6-8,13H2,1-2H3. The first kappa shape index (κ1) is 9.38. The minimum absolute atomic E-state index is 0.894. The Labute approximate surface area is 85.7 Å². The molecule has 2 nitrogen and oxygen atoms in total. The number of anilines is 2. The summed E-state index contributed by atoms with van der Waals surface area (Å²) >= 11 is 0. The molecule has 1 aliphatic carbocycles. The van der Waals surface area contributed by atoms with Gasteiger partial charge in [-0.3, -0.25) is 0 Å². The number of benzene rings is 1. The number of nitrogens with zero attached hydrogens (tertiary/aromatic N) is 1. The highest BCUT2D eigenvalue weighted by Gasteiger charge is 2.23. The van der Waals surface area contributed by atoms with Crippen LogP contribution in [0.25, 0.3) is 0 Å². The highest BCUT2D eigenvalue weighted by Crippen LogP contribution is 2.32. The molecule has 14 heavy (non-hydrogen) atoms. The van der Waals surface area contributed by atoms with Crippen molar-refractivity contribution in [3.63, 3.8) is 0 Å². The number of hydrogen-bond donors (Lipinski definition) is 1. The van der Waals surface area contributed by atoms with E-state index < -0.39 is 0 Å². The van der Waals surface area contributed by atoms with Crippen LogP contribution in [-0.2, 0) is 0 Å². The highest BCUT2D eigenvalue weighted by atomic mass is 15.1. The van der Waals surface area contributed by atoms with Crippen LogP contribution in [0.5, 0.6) is 0 Å². The largest absolute Gasteiger partial charge is 0.398 e. The molecule has 0 radical (unpaired) electrons. The van der Waals surface area contributed by atoms with E-state index >= 15 is 0 Å². The molecule has 1 aromatic rings. The summed E-state index contributed by atoms with van der Waals surface area (Å²) in [5.41, 5.74) is 9.25. The Morgan fingerprint density at radius 2 is 2.14 bits per heavy atom. The first-order chi connectivity index (χ1) is 6.68. The van der Waals surface area contributed by atoms with Crippen LogP contribution in [0.15, 0.2) is 18.2 Å².